The van der Waals surface area contributed by atoms with E-state index in [1.54, 1.807) is 12.1 Å². The van der Waals surface area contributed by atoms with Crippen LogP contribution in [0, 0.1) is 0 Å². The van der Waals surface area contributed by atoms with Crippen LogP contribution in [0.2, 0.25) is 0 Å². The van der Waals surface area contributed by atoms with E-state index in [4.69, 9.17) is 0 Å². The molecule has 27 heavy (non-hydrogen) atoms. The molecule has 0 spiro atoms. The van der Waals surface area contributed by atoms with Gasteiger partial charge in [-0.2, -0.15) is 0 Å². The van der Waals surface area contributed by atoms with Gasteiger partial charge in [-0.15, -0.1) is 0 Å². The standard InChI is InChI=1S/C20H21N3O4/c1-21(2)19(26)15-17(24)18(25)16(20(27)22(3)4)23(15)14-11-7-9-12-8-5-6-10-13(12)14/h5-11,24-25H,1-4H3. The summed E-state index contributed by atoms with van der Waals surface area (Å²) in [5.41, 5.74) is 0.178. The second-order valence-electron chi connectivity index (χ2n) is 6.63. The summed E-state index contributed by atoms with van der Waals surface area (Å²) in [4.78, 5) is 28.1. The molecule has 0 radical (unpaired) electrons. The van der Waals surface area contributed by atoms with Crippen molar-refractivity contribution in [3.8, 4) is 17.2 Å². The van der Waals surface area contributed by atoms with Crippen LogP contribution in [0.25, 0.3) is 16.5 Å². The van der Waals surface area contributed by atoms with E-state index in [0.29, 0.717) is 5.69 Å². The van der Waals surface area contributed by atoms with Crippen molar-refractivity contribution in [3.05, 3.63) is 53.9 Å². The Bertz CT molecular complexity index is 1000. The van der Waals surface area contributed by atoms with Crippen LogP contribution in [-0.2, 0) is 0 Å². The van der Waals surface area contributed by atoms with Gasteiger partial charge in [0.2, 0.25) is 0 Å². The lowest BCUT2D eigenvalue weighted by molar-refractivity contribution is 0.0811. The quantitative estimate of drug-likeness (QED) is 0.745. The zero-order chi connectivity index (χ0) is 19.9. The summed E-state index contributed by atoms with van der Waals surface area (Å²) in [6.07, 6.45) is 0. The molecule has 3 rings (SSSR count). The molecule has 0 aliphatic heterocycles. The molecule has 140 valence electrons. The van der Waals surface area contributed by atoms with Crippen LogP contribution >= 0.6 is 0 Å². The Morgan fingerprint density at radius 2 is 1.26 bits per heavy atom. The van der Waals surface area contributed by atoms with Gasteiger partial charge < -0.3 is 20.0 Å². The van der Waals surface area contributed by atoms with Crippen molar-refractivity contribution in [2.24, 2.45) is 0 Å². The first-order chi connectivity index (χ1) is 12.8. The fourth-order valence-electron chi connectivity index (χ4n) is 3.01. The first-order valence-electron chi connectivity index (χ1n) is 8.33. The lowest BCUT2D eigenvalue weighted by Crippen LogP contribution is -2.28. The van der Waals surface area contributed by atoms with Crippen molar-refractivity contribution in [1.29, 1.82) is 0 Å². The molecule has 1 heterocycles. The maximum Gasteiger partial charge on any atom is 0.274 e. The number of hydrogen-bond acceptors (Lipinski definition) is 4. The van der Waals surface area contributed by atoms with E-state index in [0.717, 1.165) is 10.8 Å². The number of nitrogens with zero attached hydrogens (tertiary/aromatic N) is 3. The monoisotopic (exact) mass is 367 g/mol. The number of fused-ring (bicyclic) bond motifs is 1. The molecular weight excluding hydrogens is 346 g/mol. The highest BCUT2D eigenvalue weighted by atomic mass is 16.3. The molecule has 0 fully saturated rings. The lowest BCUT2D eigenvalue weighted by Gasteiger charge is -2.18. The SMILES string of the molecule is CN(C)C(=O)c1c(O)c(O)c(C(=O)N(C)C)n1-c1cccc2ccccc12. The van der Waals surface area contributed by atoms with Gasteiger partial charge in [0.1, 0.15) is 0 Å². The van der Waals surface area contributed by atoms with E-state index < -0.39 is 23.3 Å². The Morgan fingerprint density at radius 1 is 0.778 bits per heavy atom. The molecule has 7 nitrogen and oxygen atoms in total. The van der Waals surface area contributed by atoms with Crippen LogP contribution < -0.4 is 0 Å². The number of aromatic hydroxyl groups is 2. The molecule has 2 N–H and O–H groups in total. The zero-order valence-corrected chi connectivity index (χ0v) is 15.6. The molecule has 7 heteroatoms. The summed E-state index contributed by atoms with van der Waals surface area (Å²) in [7, 11) is 6.14. The largest absolute Gasteiger partial charge is 0.503 e. The highest BCUT2D eigenvalue weighted by molar-refractivity contribution is 6.05. The molecule has 2 aromatic carbocycles. The van der Waals surface area contributed by atoms with Crippen LogP contribution in [0.1, 0.15) is 21.0 Å². The van der Waals surface area contributed by atoms with E-state index >= 15 is 0 Å². The van der Waals surface area contributed by atoms with E-state index in [-0.39, 0.29) is 11.4 Å². The topological polar surface area (TPSA) is 86.0 Å². The summed E-state index contributed by atoms with van der Waals surface area (Å²) in [5, 5.41) is 22.7. The van der Waals surface area contributed by atoms with Gasteiger partial charge in [-0.1, -0.05) is 36.4 Å². The van der Waals surface area contributed by atoms with Gasteiger partial charge in [-0.3, -0.25) is 14.2 Å². The molecule has 2 amide bonds. The van der Waals surface area contributed by atoms with Gasteiger partial charge in [-0.25, -0.2) is 0 Å². The number of hydrogen-bond donors (Lipinski definition) is 2. The molecule has 0 saturated carbocycles. The highest BCUT2D eigenvalue weighted by Gasteiger charge is 2.33. The van der Waals surface area contributed by atoms with Gasteiger partial charge in [0.15, 0.2) is 22.9 Å². The normalized spacial score (nSPS) is 10.8. The molecule has 0 aliphatic rings. The summed E-state index contributed by atoms with van der Waals surface area (Å²) >= 11 is 0. The van der Waals surface area contributed by atoms with Crippen LogP contribution in [-0.4, -0.2) is 64.6 Å². The third kappa shape index (κ3) is 2.87. The fraction of sp³-hybridized carbons (Fsp3) is 0.200. The first-order valence-corrected chi connectivity index (χ1v) is 8.33. The molecular formula is C20H21N3O4. The predicted octanol–water partition coefficient (Wildman–Crippen LogP) is 2.45. The number of carbonyl (C=O) groups is 2. The molecule has 0 unspecified atom stereocenters. The number of benzene rings is 2. The molecule has 3 aromatic rings. The average molecular weight is 367 g/mol. The Labute approximate surface area is 156 Å². The Morgan fingerprint density at radius 3 is 1.78 bits per heavy atom. The summed E-state index contributed by atoms with van der Waals surface area (Å²) in [6.45, 7) is 0. The summed E-state index contributed by atoms with van der Waals surface area (Å²) in [6, 6.07) is 12.9. The second kappa shape index (κ2) is 6.68. The van der Waals surface area contributed by atoms with Crippen LogP contribution in [0.3, 0.4) is 0 Å². The first kappa shape index (κ1) is 18.3. The lowest BCUT2D eigenvalue weighted by atomic mass is 10.1. The minimum Gasteiger partial charge on any atom is -0.503 e. The molecule has 1 aromatic heterocycles. The third-order valence-electron chi connectivity index (χ3n) is 4.35. The Balaban J connectivity index is 2.47. The van der Waals surface area contributed by atoms with Crippen molar-refractivity contribution in [2.45, 2.75) is 0 Å². The minimum atomic E-state index is -0.619. The molecule has 0 saturated heterocycles. The van der Waals surface area contributed by atoms with Crippen LogP contribution in [0.5, 0.6) is 11.5 Å². The highest BCUT2D eigenvalue weighted by Crippen LogP contribution is 2.40. The van der Waals surface area contributed by atoms with Gasteiger partial charge in [-0.05, 0) is 11.5 Å². The van der Waals surface area contributed by atoms with E-state index in [9.17, 15) is 19.8 Å². The average Bonchev–Trinajstić information content (AvgIpc) is 2.90. The van der Waals surface area contributed by atoms with Crippen molar-refractivity contribution >= 4 is 22.6 Å². The molecule has 0 bridgehead atoms. The van der Waals surface area contributed by atoms with Crippen molar-refractivity contribution in [3.63, 3.8) is 0 Å². The maximum absolute atomic E-state index is 12.8. The fourth-order valence-corrected chi connectivity index (χ4v) is 3.01. The van der Waals surface area contributed by atoms with E-state index in [1.165, 1.54) is 42.6 Å². The van der Waals surface area contributed by atoms with Crippen molar-refractivity contribution in [1.82, 2.24) is 14.4 Å². The van der Waals surface area contributed by atoms with Gasteiger partial charge in [0.25, 0.3) is 11.8 Å². The van der Waals surface area contributed by atoms with Crippen molar-refractivity contribution < 1.29 is 19.8 Å². The van der Waals surface area contributed by atoms with Gasteiger partial charge in [0.05, 0.1) is 5.69 Å². The Hall–Kier alpha value is -3.48. The molecule has 0 aliphatic carbocycles. The van der Waals surface area contributed by atoms with Crippen molar-refractivity contribution in [2.75, 3.05) is 28.2 Å². The van der Waals surface area contributed by atoms with Gasteiger partial charge in [0, 0.05) is 33.6 Å². The number of amides is 2. The minimum absolute atomic E-state index is 0.168. The van der Waals surface area contributed by atoms with E-state index in [1.807, 2.05) is 30.3 Å². The predicted molar refractivity (Wildman–Crippen MR) is 103 cm³/mol. The second-order valence-corrected chi connectivity index (χ2v) is 6.63. The van der Waals surface area contributed by atoms with E-state index in [2.05, 4.69) is 0 Å². The number of aromatic nitrogens is 1. The van der Waals surface area contributed by atoms with Gasteiger partial charge >= 0.3 is 0 Å². The van der Waals surface area contributed by atoms with Crippen LogP contribution in [0.15, 0.2) is 42.5 Å². The van der Waals surface area contributed by atoms with Crippen LogP contribution in [0.4, 0.5) is 0 Å². The Kier molecular flexibility index (Phi) is 4.53. The summed E-state index contributed by atoms with van der Waals surface area (Å²) in [5.74, 6) is -2.30. The third-order valence-corrected chi connectivity index (χ3v) is 4.35. The molecule has 0 atom stereocenters. The maximum atomic E-state index is 12.8. The summed E-state index contributed by atoms with van der Waals surface area (Å²) < 4.78 is 1.33. The number of rotatable bonds is 3. The smallest absolute Gasteiger partial charge is 0.274 e. The number of carbonyl (C=O) groups excluding carboxylic acids is 2. The zero-order valence-electron chi connectivity index (χ0n) is 15.6.